The summed E-state index contributed by atoms with van der Waals surface area (Å²) in [6, 6.07) is 7.78. The lowest BCUT2D eigenvalue weighted by molar-refractivity contribution is -0.129. The van der Waals surface area contributed by atoms with Crippen LogP contribution in [-0.2, 0) is 11.3 Å². The summed E-state index contributed by atoms with van der Waals surface area (Å²) >= 11 is 0. The summed E-state index contributed by atoms with van der Waals surface area (Å²) in [7, 11) is 5.68. The number of rotatable bonds is 8. The van der Waals surface area contributed by atoms with Crippen molar-refractivity contribution in [2.45, 2.75) is 32.4 Å². The number of amides is 2. The van der Waals surface area contributed by atoms with Crippen LogP contribution < -0.4 is 16.0 Å². The molecule has 2 rings (SSSR count). The third-order valence-electron chi connectivity index (χ3n) is 4.90. The van der Waals surface area contributed by atoms with E-state index < -0.39 is 0 Å². The third kappa shape index (κ3) is 7.38. The van der Waals surface area contributed by atoms with Crippen molar-refractivity contribution in [3.8, 4) is 0 Å². The van der Waals surface area contributed by atoms with Crippen molar-refractivity contribution in [1.82, 2.24) is 25.8 Å². The Balaban J connectivity index is 1.83. The van der Waals surface area contributed by atoms with E-state index in [9.17, 15) is 9.59 Å². The fourth-order valence-electron chi connectivity index (χ4n) is 3.22. The lowest BCUT2D eigenvalue weighted by Gasteiger charge is -2.19. The highest BCUT2D eigenvalue weighted by molar-refractivity contribution is 5.94. The van der Waals surface area contributed by atoms with E-state index in [4.69, 9.17) is 0 Å². The fraction of sp³-hybridized carbons (Fsp3) is 0.571. The van der Waals surface area contributed by atoms with Crippen LogP contribution in [0.5, 0.6) is 0 Å². The molecule has 8 heteroatoms. The standard InChI is InChI=1S/C21H34N6O2/c1-5-19(28)27-11-9-18(15-27)25-21(22-2)24-14-16-7-6-8-17(13-16)20(29)23-10-12-26(3)4/h6-8,13,18H,5,9-12,14-15H2,1-4H3,(H,23,29)(H2,22,24,25). The number of guanidine groups is 1. The van der Waals surface area contributed by atoms with Gasteiger partial charge in [-0.2, -0.15) is 0 Å². The molecule has 0 bridgehead atoms. The molecule has 160 valence electrons. The first-order chi connectivity index (χ1) is 13.9. The minimum atomic E-state index is -0.0668. The van der Waals surface area contributed by atoms with Crippen molar-refractivity contribution in [3.05, 3.63) is 35.4 Å². The number of carbonyl (C=O) groups excluding carboxylic acids is 2. The molecule has 0 spiro atoms. The van der Waals surface area contributed by atoms with Gasteiger partial charge in [0.05, 0.1) is 0 Å². The summed E-state index contributed by atoms with van der Waals surface area (Å²) in [5, 5.41) is 9.60. The second kappa shape index (κ2) is 11.4. The van der Waals surface area contributed by atoms with Crippen molar-refractivity contribution in [3.63, 3.8) is 0 Å². The summed E-state index contributed by atoms with van der Waals surface area (Å²) in [6.07, 6.45) is 1.45. The number of nitrogens with zero attached hydrogens (tertiary/aromatic N) is 3. The molecular formula is C21H34N6O2. The molecule has 1 aromatic carbocycles. The van der Waals surface area contributed by atoms with Crippen molar-refractivity contribution in [1.29, 1.82) is 0 Å². The Morgan fingerprint density at radius 1 is 1.28 bits per heavy atom. The van der Waals surface area contributed by atoms with Crippen molar-refractivity contribution >= 4 is 17.8 Å². The molecule has 1 unspecified atom stereocenters. The maximum Gasteiger partial charge on any atom is 0.251 e. The zero-order chi connectivity index (χ0) is 21.2. The lowest BCUT2D eigenvalue weighted by atomic mass is 10.1. The molecule has 8 nitrogen and oxygen atoms in total. The summed E-state index contributed by atoms with van der Waals surface area (Å²) in [5.74, 6) is 0.822. The molecule has 2 amide bonds. The molecule has 1 saturated heterocycles. The molecule has 3 N–H and O–H groups in total. The van der Waals surface area contributed by atoms with Crippen LogP contribution in [-0.4, -0.2) is 80.9 Å². The first kappa shape index (κ1) is 22.7. The van der Waals surface area contributed by atoms with E-state index in [1.165, 1.54) is 0 Å². The Labute approximate surface area is 173 Å². The van der Waals surface area contributed by atoms with E-state index in [1.807, 2.05) is 55.1 Å². The van der Waals surface area contributed by atoms with Crippen LogP contribution in [0.1, 0.15) is 35.7 Å². The number of hydrogen-bond donors (Lipinski definition) is 3. The number of aliphatic imine (C=N–C) groups is 1. The maximum atomic E-state index is 12.3. The predicted molar refractivity (Wildman–Crippen MR) is 116 cm³/mol. The van der Waals surface area contributed by atoms with Gasteiger partial charge in [0, 0.05) is 57.8 Å². The maximum absolute atomic E-state index is 12.3. The van der Waals surface area contributed by atoms with E-state index in [0.717, 1.165) is 25.1 Å². The molecule has 29 heavy (non-hydrogen) atoms. The SMILES string of the molecule is CCC(=O)N1CCC(NC(=NC)NCc2cccc(C(=O)NCCN(C)C)c2)C1. The first-order valence-corrected chi connectivity index (χ1v) is 10.2. The molecule has 1 heterocycles. The van der Waals surface area contributed by atoms with E-state index in [0.29, 0.717) is 37.6 Å². The monoisotopic (exact) mass is 402 g/mol. The minimum absolute atomic E-state index is 0.0668. The molecule has 0 radical (unpaired) electrons. The molecule has 0 aromatic heterocycles. The summed E-state index contributed by atoms with van der Waals surface area (Å²) in [6.45, 7) is 5.35. The Bertz CT molecular complexity index is 719. The molecule has 1 aliphatic heterocycles. The lowest BCUT2D eigenvalue weighted by Crippen LogP contribution is -2.44. The second-order valence-electron chi connectivity index (χ2n) is 7.51. The smallest absolute Gasteiger partial charge is 0.251 e. The molecule has 1 aromatic rings. The molecular weight excluding hydrogens is 368 g/mol. The van der Waals surface area contributed by atoms with Gasteiger partial charge < -0.3 is 25.8 Å². The van der Waals surface area contributed by atoms with Crippen molar-refractivity contribution in [2.75, 3.05) is 47.3 Å². The van der Waals surface area contributed by atoms with Crippen molar-refractivity contribution < 1.29 is 9.59 Å². The minimum Gasteiger partial charge on any atom is -0.352 e. The number of hydrogen-bond acceptors (Lipinski definition) is 4. The summed E-state index contributed by atoms with van der Waals surface area (Å²) < 4.78 is 0. The highest BCUT2D eigenvalue weighted by Gasteiger charge is 2.25. The Hall–Kier alpha value is -2.61. The van der Waals surface area contributed by atoms with Crippen LogP contribution in [0, 0.1) is 0 Å². The van der Waals surface area contributed by atoms with Crippen LogP contribution in [0.4, 0.5) is 0 Å². The van der Waals surface area contributed by atoms with E-state index >= 15 is 0 Å². The van der Waals surface area contributed by atoms with Crippen LogP contribution >= 0.6 is 0 Å². The second-order valence-corrected chi connectivity index (χ2v) is 7.51. The van der Waals surface area contributed by atoms with Crippen LogP contribution in [0.25, 0.3) is 0 Å². The summed E-state index contributed by atoms with van der Waals surface area (Å²) in [5.41, 5.74) is 1.65. The molecule has 1 atom stereocenters. The van der Waals surface area contributed by atoms with Gasteiger partial charge in [-0.25, -0.2) is 0 Å². The zero-order valence-corrected chi connectivity index (χ0v) is 18.0. The van der Waals surface area contributed by atoms with Gasteiger partial charge in [0.1, 0.15) is 0 Å². The zero-order valence-electron chi connectivity index (χ0n) is 18.0. The van der Waals surface area contributed by atoms with Gasteiger partial charge in [0.15, 0.2) is 5.96 Å². The Morgan fingerprint density at radius 2 is 2.07 bits per heavy atom. The summed E-state index contributed by atoms with van der Waals surface area (Å²) in [4.78, 5) is 32.3. The molecule has 0 saturated carbocycles. The predicted octanol–water partition coefficient (Wildman–Crippen LogP) is 0.654. The van der Waals surface area contributed by atoms with Gasteiger partial charge in [-0.15, -0.1) is 0 Å². The Kier molecular flexibility index (Phi) is 8.92. The van der Waals surface area contributed by atoms with Crippen LogP contribution in [0.3, 0.4) is 0 Å². The van der Waals surface area contributed by atoms with Crippen LogP contribution in [0.15, 0.2) is 29.3 Å². The first-order valence-electron chi connectivity index (χ1n) is 10.2. The van der Waals surface area contributed by atoms with Gasteiger partial charge in [-0.1, -0.05) is 19.1 Å². The quantitative estimate of drug-likeness (QED) is 0.439. The van der Waals surface area contributed by atoms with Gasteiger partial charge in [-0.05, 0) is 38.2 Å². The largest absolute Gasteiger partial charge is 0.352 e. The number of likely N-dealkylation sites (tertiary alicyclic amines) is 1. The molecule has 0 aliphatic carbocycles. The van der Waals surface area contributed by atoms with E-state index in [2.05, 4.69) is 20.9 Å². The van der Waals surface area contributed by atoms with Gasteiger partial charge in [-0.3, -0.25) is 14.6 Å². The van der Waals surface area contributed by atoms with Crippen LogP contribution in [0.2, 0.25) is 0 Å². The van der Waals surface area contributed by atoms with E-state index in [1.54, 1.807) is 7.05 Å². The normalized spacial score (nSPS) is 16.8. The highest BCUT2D eigenvalue weighted by Crippen LogP contribution is 2.10. The highest BCUT2D eigenvalue weighted by atomic mass is 16.2. The Morgan fingerprint density at radius 3 is 2.76 bits per heavy atom. The molecule has 1 aliphatic rings. The van der Waals surface area contributed by atoms with Gasteiger partial charge in [0.2, 0.25) is 5.91 Å². The number of carbonyl (C=O) groups is 2. The third-order valence-corrected chi connectivity index (χ3v) is 4.90. The van der Waals surface area contributed by atoms with E-state index in [-0.39, 0.29) is 17.9 Å². The topological polar surface area (TPSA) is 89.1 Å². The number of likely N-dealkylation sites (N-methyl/N-ethyl adjacent to an activating group) is 1. The number of benzene rings is 1. The van der Waals surface area contributed by atoms with Gasteiger partial charge >= 0.3 is 0 Å². The van der Waals surface area contributed by atoms with Gasteiger partial charge in [0.25, 0.3) is 5.91 Å². The number of nitrogens with one attached hydrogen (secondary N) is 3. The fourth-order valence-corrected chi connectivity index (χ4v) is 3.22. The molecule has 1 fully saturated rings. The average molecular weight is 403 g/mol. The van der Waals surface area contributed by atoms with Crippen molar-refractivity contribution in [2.24, 2.45) is 4.99 Å². The average Bonchev–Trinajstić information content (AvgIpc) is 3.19.